The molecule has 4 heterocycles. The van der Waals surface area contributed by atoms with Gasteiger partial charge in [-0.1, -0.05) is 0 Å². The lowest BCUT2D eigenvalue weighted by Crippen LogP contribution is -2.26. The van der Waals surface area contributed by atoms with E-state index in [1.54, 1.807) is 41.7 Å². The number of nitrogens with zero attached hydrogens (tertiary/aromatic N) is 6. The van der Waals surface area contributed by atoms with Crippen molar-refractivity contribution in [2.75, 3.05) is 13.2 Å². The third-order valence-corrected chi connectivity index (χ3v) is 4.55. The Morgan fingerprint density at radius 3 is 2.68 bits per heavy atom. The predicted octanol–water partition coefficient (Wildman–Crippen LogP) is 2.63. The highest BCUT2D eigenvalue weighted by Crippen LogP contribution is 2.17. The van der Waals surface area contributed by atoms with E-state index in [4.69, 9.17) is 4.74 Å². The number of carbonyl (C=O) groups excluding carboxylic acids is 1. The maximum atomic E-state index is 12.6. The molecule has 4 aromatic heterocycles. The van der Waals surface area contributed by atoms with Gasteiger partial charge in [0.2, 0.25) is 0 Å². The maximum absolute atomic E-state index is 12.6. The molecule has 0 aliphatic heterocycles. The summed E-state index contributed by atoms with van der Waals surface area (Å²) in [7, 11) is 0. The van der Waals surface area contributed by atoms with Crippen molar-refractivity contribution in [3.8, 4) is 23.0 Å². The lowest BCUT2D eigenvalue weighted by Gasteiger charge is -2.08. The van der Waals surface area contributed by atoms with Crippen LogP contribution in [0.25, 0.3) is 17.2 Å². The highest BCUT2D eigenvalue weighted by atomic mass is 16.5. The Kier molecular flexibility index (Phi) is 6.22. The van der Waals surface area contributed by atoms with Crippen molar-refractivity contribution in [3.63, 3.8) is 0 Å². The Morgan fingerprint density at radius 1 is 1.06 bits per heavy atom. The Balaban J connectivity index is 1.37. The topological polar surface area (TPSA) is 108 Å². The smallest absolute Gasteiger partial charge is 0.254 e. The van der Waals surface area contributed by atoms with Gasteiger partial charge in [0.15, 0.2) is 0 Å². The molecule has 0 saturated heterocycles. The molecule has 0 bridgehead atoms. The van der Waals surface area contributed by atoms with Gasteiger partial charge in [-0.2, -0.15) is 5.10 Å². The summed E-state index contributed by atoms with van der Waals surface area (Å²) < 4.78 is 7.13. The first-order valence-electron chi connectivity index (χ1n) is 9.82. The van der Waals surface area contributed by atoms with E-state index in [0.717, 1.165) is 11.3 Å². The second-order valence-corrected chi connectivity index (χ2v) is 6.69. The van der Waals surface area contributed by atoms with E-state index in [9.17, 15) is 4.79 Å². The van der Waals surface area contributed by atoms with Crippen molar-refractivity contribution in [3.05, 3.63) is 78.8 Å². The Hall–Kier alpha value is -4.14. The predicted molar refractivity (Wildman–Crippen MR) is 114 cm³/mol. The minimum atomic E-state index is -0.200. The van der Waals surface area contributed by atoms with E-state index in [1.165, 1.54) is 6.20 Å². The van der Waals surface area contributed by atoms with Crippen molar-refractivity contribution in [2.45, 2.75) is 13.3 Å². The number of pyridine rings is 2. The van der Waals surface area contributed by atoms with Crippen molar-refractivity contribution in [2.24, 2.45) is 0 Å². The zero-order valence-corrected chi connectivity index (χ0v) is 17.0. The average Bonchev–Trinajstić information content (AvgIpc) is 3.21. The first-order valence-corrected chi connectivity index (χ1v) is 9.82. The molecule has 0 radical (unpaired) electrons. The second-order valence-electron chi connectivity index (χ2n) is 6.69. The quantitative estimate of drug-likeness (QED) is 0.441. The van der Waals surface area contributed by atoms with Gasteiger partial charge in [-0.05, 0) is 43.7 Å². The van der Waals surface area contributed by atoms with Crippen LogP contribution in [0.5, 0.6) is 5.75 Å². The van der Waals surface area contributed by atoms with Crippen LogP contribution in [0, 0.1) is 6.92 Å². The van der Waals surface area contributed by atoms with Gasteiger partial charge in [-0.3, -0.25) is 14.8 Å². The van der Waals surface area contributed by atoms with Crippen molar-refractivity contribution in [1.29, 1.82) is 0 Å². The second kappa shape index (κ2) is 9.57. The number of carbonyl (C=O) groups is 1. The highest BCUT2D eigenvalue weighted by Gasteiger charge is 2.16. The maximum Gasteiger partial charge on any atom is 0.254 e. The molecule has 1 amide bonds. The van der Waals surface area contributed by atoms with Gasteiger partial charge in [0.1, 0.15) is 5.75 Å². The molecule has 156 valence electrons. The van der Waals surface area contributed by atoms with Gasteiger partial charge in [0.25, 0.3) is 11.9 Å². The largest absolute Gasteiger partial charge is 0.492 e. The summed E-state index contributed by atoms with van der Waals surface area (Å²) in [6.45, 7) is 2.78. The van der Waals surface area contributed by atoms with Crippen molar-refractivity contribution < 1.29 is 9.53 Å². The molecule has 4 rings (SSSR count). The van der Waals surface area contributed by atoms with Crippen LogP contribution < -0.4 is 10.1 Å². The van der Waals surface area contributed by atoms with E-state index in [0.29, 0.717) is 42.5 Å². The average molecular weight is 415 g/mol. The standard InChI is InChI=1S/C22H21N7O2/c1-16-19(21(30)25-10-4-12-31-18-6-3-9-24-14-18)15-27-29(16)22-26-11-7-20(28-22)17-5-2-8-23-13-17/h2-3,5-9,11,13-15H,4,10,12H2,1H3,(H,25,30). The van der Waals surface area contributed by atoms with E-state index < -0.39 is 0 Å². The van der Waals surface area contributed by atoms with Crippen molar-refractivity contribution in [1.82, 2.24) is 35.0 Å². The molecule has 0 saturated carbocycles. The fourth-order valence-electron chi connectivity index (χ4n) is 2.95. The third kappa shape index (κ3) is 4.89. The number of amides is 1. The SMILES string of the molecule is Cc1c(C(=O)NCCCOc2cccnc2)cnn1-c1nccc(-c2cccnc2)n1. The number of ether oxygens (including phenoxy) is 1. The van der Waals surface area contributed by atoms with Crippen LogP contribution in [0.15, 0.2) is 67.5 Å². The van der Waals surface area contributed by atoms with Gasteiger partial charge in [0, 0.05) is 36.9 Å². The first-order chi connectivity index (χ1) is 15.2. The van der Waals surface area contributed by atoms with Crippen LogP contribution in [0.3, 0.4) is 0 Å². The molecular weight excluding hydrogens is 394 g/mol. The van der Waals surface area contributed by atoms with Crippen LogP contribution in [-0.4, -0.2) is 48.8 Å². The molecule has 0 fully saturated rings. The van der Waals surface area contributed by atoms with Gasteiger partial charge in [-0.15, -0.1) is 0 Å². The lowest BCUT2D eigenvalue weighted by molar-refractivity contribution is 0.0951. The lowest BCUT2D eigenvalue weighted by atomic mass is 10.2. The summed E-state index contributed by atoms with van der Waals surface area (Å²) in [6.07, 6.45) is 10.6. The number of hydrogen-bond donors (Lipinski definition) is 1. The van der Waals surface area contributed by atoms with E-state index in [-0.39, 0.29) is 5.91 Å². The molecule has 9 heteroatoms. The van der Waals surface area contributed by atoms with Gasteiger partial charge < -0.3 is 10.1 Å². The number of nitrogens with one attached hydrogen (secondary N) is 1. The Labute approximate surface area is 179 Å². The van der Waals surface area contributed by atoms with Gasteiger partial charge >= 0.3 is 0 Å². The number of aromatic nitrogens is 6. The Morgan fingerprint density at radius 2 is 1.90 bits per heavy atom. The molecule has 0 aromatic carbocycles. The molecule has 9 nitrogen and oxygen atoms in total. The van der Waals surface area contributed by atoms with Crippen LogP contribution >= 0.6 is 0 Å². The summed E-state index contributed by atoms with van der Waals surface area (Å²) in [4.78, 5) is 29.5. The Bertz CT molecular complexity index is 1150. The van der Waals surface area contributed by atoms with Gasteiger partial charge in [0.05, 0.1) is 36.0 Å². The summed E-state index contributed by atoms with van der Waals surface area (Å²) in [5.41, 5.74) is 2.74. The summed E-state index contributed by atoms with van der Waals surface area (Å²) >= 11 is 0. The molecule has 1 N–H and O–H groups in total. The van der Waals surface area contributed by atoms with Crippen LogP contribution in [0.2, 0.25) is 0 Å². The minimum absolute atomic E-state index is 0.200. The molecule has 0 aliphatic rings. The number of hydrogen-bond acceptors (Lipinski definition) is 7. The van der Waals surface area contributed by atoms with E-state index in [1.807, 2.05) is 31.2 Å². The first kappa shape index (κ1) is 20.1. The normalized spacial score (nSPS) is 10.6. The summed E-state index contributed by atoms with van der Waals surface area (Å²) in [6, 6.07) is 9.23. The zero-order chi connectivity index (χ0) is 21.5. The van der Waals surface area contributed by atoms with Crippen LogP contribution in [-0.2, 0) is 0 Å². The highest BCUT2D eigenvalue weighted by molar-refractivity contribution is 5.95. The molecule has 31 heavy (non-hydrogen) atoms. The molecular formula is C22H21N7O2. The summed E-state index contributed by atoms with van der Waals surface area (Å²) in [5.74, 6) is 0.899. The fourth-order valence-corrected chi connectivity index (χ4v) is 2.95. The molecule has 0 spiro atoms. The molecule has 0 aliphatic carbocycles. The van der Waals surface area contributed by atoms with Crippen LogP contribution in [0.4, 0.5) is 0 Å². The monoisotopic (exact) mass is 415 g/mol. The van der Waals surface area contributed by atoms with Gasteiger partial charge in [-0.25, -0.2) is 14.6 Å². The van der Waals surface area contributed by atoms with Crippen LogP contribution in [0.1, 0.15) is 22.5 Å². The summed E-state index contributed by atoms with van der Waals surface area (Å²) in [5, 5.41) is 7.20. The fraction of sp³-hybridized carbons (Fsp3) is 0.182. The molecule has 4 aromatic rings. The van der Waals surface area contributed by atoms with E-state index >= 15 is 0 Å². The minimum Gasteiger partial charge on any atom is -0.492 e. The third-order valence-electron chi connectivity index (χ3n) is 4.55. The van der Waals surface area contributed by atoms with Crippen molar-refractivity contribution >= 4 is 5.91 Å². The number of rotatable bonds is 8. The molecule has 0 unspecified atom stereocenters. The molecule has 0 atom stereocenters. The van der Waals surface area contributed by atoms with E-state index in [2.05, 4.69) is 30.4 Å². The zero-order valence-electron chi connectivity index (χ0n) is 17.0.